The van der Waals surface area contributed by atoms with Crippen molar-refractivity contribution in [2.45, 2.75) is 25.6 Å². The Hall–Kier alpha value is -1.76. The van der Waals surface area contributed by atoms with Gasteiger partial charge in [-0.3, -0.25) is 4.79 Å². The van der Waals surface area contributed by atoms with Crippen LogP contribution in [0, 0.1) is 0 Å². The van der Waals surface area contributed by atoms with E-state index >= 15 is 0 Å². The van der Waals surface area contributed by atoms with Crippen LogP contribution in [0.2, 0.25) is 0 Å². The minimum atomic E-state index is -4.45. The van der Waals surface area contributed by atoms with E-state index in [2.05, 4.69) is 0 Å². The van der Waals surface area contributed by atoms with Crippen molar-refractivity contribution in [2.75, 3.05) is 13.2 Å². The predicted molar refractivity (Wildman–Crippen MR) is 66.3 cm³/mol. The third-order valence-corrected chi connectivity index (χ3v) is 2.51. The molecule has 0 radical (unpaired) electrons. The van der Waals surface area contributed by atoms with Crippen LogP contribution in [-0.2, 0) is 4.79 Å². The highest BCUT2D eigenvalue weighted by molar-refractivity contribution is 5.77. The lowest BCUT2D eigenvalue weighted by Gasteiger charge is -2.15. The maximum Gasteiger partial charge on any atom is 0.405 e. The first kappa shape index (κ1) is 16.3. The van der Waals surface area contributed by atoms with Gasteiger partial charge in [-0.15, -0.1) is 0 Å². The Labute approximate surface area is 114 Å². The SMILES string of the molecule is CC[C@@H](O)c1ccccc1OCC(=O)NCC(F)(F)F. The van der Waals surface area contributed by atoms with E-state index in [4.69, 9.17) is 4.74 Å². The van der Waals surface area contributed by atoms with E-state index in [0.717, 1.165) is 0 Å². The lowest BCUT2D eigenvalue weighted by Crippen LogP contribution is -2.36. The molecular formula is C13H16F3NO3. The first-order valence-electron chi connectivity index (χ1n) is 6.06. The van der Waals surface area contributed by atoms with Gasteiger partial charge in [0, 0.05) is 5.56 Å². The molecular weight excluding hydrogens is 275 g/mol. The normalized spacial score (nSPS) is 12.8. The number of carbonyl (C=O) groups is 1. The first-order chi connectivity index (χ1) is 9.33. The van der Waals surface area contributed by atoms with Crippen molar-refractivity contribution in [3.05, 3.63) is 29.8 Å². The molecule has 0 aromatic heterocycles. The molecule has 20 heavy (non-hydrogen) atoms. The van der Waals surface area contributed by atoms with Crippen LogP contribution in [0.5, 0.6) is 5.75 Å². The maximum atomic E-state index is 11.9. The van der Waals surface area contributed by atoms with Gasteiger partial charge in [0.05, 0.1) is 6.10 Å². The lowest BCUT2D eigenvalue weighted by atomic mass is 10.1. The van der Waals surface area contributed by atoms with Crippen molar-refractivity contribution < 1.29 is 27.8 Å². The molecule has 2 N–H and O–H groups in total. The summed E-state index contributed by atoms with van der Waals surface area (Å²) in [5, 5.41) is 11.5. The van der Waals surface area contributed by atoms with Gasteiger partial charge in [0.25, 0.3) is 5.91 Å². The summed E-state index contributed by atoms with van der Waals surface area (Å²) in [6.07, 6.45) is -4.74. The number of aliphatic hydroxyl groups is 1. The first-order valence-corrected chi connectivity index (χ1v) is 6.06. The number of hydrogen-bond donors (Lipinski definition) is 2. The van der Waals surface area contributed by atoms with Crippen LogP contribution in [0.4, 0.5) is 13.2 Å². The molecule has 1 amide bonds. The maximum absolute atomic E-state index is 11.9. The van der Waals surface area contributed by atoms with Gasteiger partial charge in [-0.2, -0.15) is 13.2 Å². The molecule has 1 aromatic rings. The van der Waals surface area contributed by atoms with E-state index in [-0.39, 0.29) is 5.75 Å². The number of amides is 1. The van der Waals surface area contributed by atoms with E-state index in [1.54, 1.807) is 36.5 Å². The Bertz CT molecular complexity index is 449. The van der Waals surface area contributed by atoms with Crippen LogP contribution in [0.25, 0.3) is 0 Å². The van der Waals surface area contributed by atoms with Crippen molar-refractivity contribution in [3.8, 4) is 5.75 Å². The van der Waals surface area contributed by atoms with Gasteiger partial charge >= 0.3 is 6.18 Å². The van der Waals surface area contributed by atoms with E-state index in [1.807, 2.05) is 0 Å². The van der Waals surface area contributed by atoms with Gasteiger partial charge in [-0.1, -0.05) is 25.1 Å². The van der Waals surface area contributed by atoms with E-state index < -0.39 is 31.3 Å². The molecule has 0 bridgehead atoms. The number of carbonyl (C=O) groups excluding carboxylic acids is 1. The predicted octanol–water partition coefficient (Wildman–Crippen LogP) is 2.19. The number of alkyl halides is 3. The zero-order valence-corrected chi connectivity index (χ0v) is 10.9. The number of nitrogens with one attached hydrogen (secondary N) is 1. The highest BCUT2D eigenvalue weighted by Gasteiger charge is 2.27. The fourth-order valence-electron chi connectivity index (χ4n) is 1.50. The Morgan fingerprint density at radius 1 is 1.40 bits per heavy atom. The van der Waals surface area contributed by atoms with Gasteiger partial charge in [0.2, 0.25) is 0 Å². The molecule has 0 unspecified atom stereocenters. The molecule has 1 rings (SSSR count). The third kappa shape index (κ3) is 5.48. The summed E-state index contributed by atoms with van der Waals surface area (Å²) in [5.74, 6) is -0.591. The summed E-state index contributed by atoms with van der Waals surface area (Å²) < 4.78 is 40.9. The van der Waals surface area contributed by atoms with Gasteiger partial charge in [-0.05, 0) is 12.5 Å². The molecule has 0 aliphatic carbocycles. The molecule has 4 nitrogen and oxygen atoms in total. The molecule has 0 fully saturated rings. The lowest BCUT2D eigenvalue weighted by molar-refractivity contribution is -0.139. The summed E-state index contributed by atoms with van der Waals surface area (Å²) >= 11 is 0. The monoisotopic (exact) mass is 291 g/mol. The van der Waals surface area contributed by atoms with E-state index in [9.17, 15) is 23.1 Å². The van der Waals surface area contributed by atoms with Crippen LogP contribution in [-0.4, -0.2) is 30.3 Å². The molecule has 0 spiro atoms. The zero-order chi connectivity index (χ0) is 15.2. The number of para-hydroxylation sites is 1. The highest BCUT2D eigenvalue weighted by Crippen LogP contribution is 2.26. The van der Waals surface area contributed by atoms with Crippen LogP contribution < -0.4 is 10.1 Å². The quantitative estimate of drug-likeness (QED) is 0.844. The molecule has 0 aliphatic rings. The second-order valence-electron chi connectivity index (χ2n) is 4.14. The fraction of sp³-hybridized carbons (Fsp3) is 0.462. The zero-order valence-electron chi connectivity index (χ0n) is 10.9. The largest absolute Gasteiger partial charge is 0.483 e. The molecule has 0 aliphatic heterocycles. The van der Waals surface area contributed by atoms with Crippen LogP contribution >= 0.6 is 0 Å². The summed E-state index contributed by atoms with van der Waals surface area (Å²) in [5.41, 5.74) is 0.499. The number of benzene rings is 1. The topological polar surface area (TPSA) is 58.6 Å². The van der Waals surface area contributed by atoms with Crippen LogP contribution in [0.15, 0.2) is 24.3 Å². The summed E-state index contributed by atoms with van der Waals surface area (Å²) in [4.78, 5) is 11.2. The number of ether oxygens (including phenoxy) is 1. The molecule has 7 heteroatoms. The number of hydrogen-bond acceptors (Lipinski definition) is 3. The van der Waals surface area contributed by atoms with Crippen molar-refractivity contribution in [1.82, 2.24) is 5.32 Å². The van der Waals surface area contributed by atoms with Crippen molar-refractivity contribution in [1.29, 1.82) is 0 Å². The van der Waals surface area contributed by atoms with Gasteiger partial charge in [-0.25, -0.2) is 0 Å². The Morgan fingerprint density at radius 2 is 2.05 bits per heavy atom. The van der Waals surface area contributed by atoms with E-state index in [0.29, 0.717) is 12.0 Å². The Kier molecular flexibility index (Phi) is 5.82. The second kappa shape index (κ2) is 7.14. The second-order valence-corrected chi connectivity index (χ2v) is 4.14. The molecule has 1 aromatic carbocycles. The van der Waals surface area contributed by atoms with Gasteiger partial charge in [0.15, 0.2) is 6.61 Å². The Balaban J connectivity index is 2.55. The van der Waals surface area contributed by atoms with Gasteiger partial charge in [0.1, 0.15) is 12.3 Å². The average molecular weight is 291 g/mol. The minimum absolute atomic E-state index is 0.281. The summed E-state index contributed by atoms with van der Waals surface area (Å²) in [6, 6.07) is 6.53. The standard InChI is InChI=1S/C13H16F3NO3/c1-2-10(18)9-5-3-4-6-11(9)20-7-12(19)17-8-13(14,15)16/h3-6,10,18H,2,7-8H2,1H3,(H,17,19)/t10-/m1/s1. The number of aliphatic hydroxyl groups excluding tert-OH is 1. The van der Waals surface area contributed by atoms with Crippen molar-refractivity contribution in [3.63, 3.8) is 0 Å². The molecule has 0 saturated carbocycles. The highest BCUT2D eigenvalue weighted by atomic mass is 19.4. The fourth-order valence-corrected chi connectivity index (χ4v) is 1.50. The van der Waals surface area contributed by atoms with Gasteiger partial charge < -0.3 is 15.2 Å². The summed E-state index contributed by atoms with van der Waals surface area (Å²) in [6.45, 7) is -0.157. The molecule has 112 valence electrons. The number of halogens is 3. The number of rotatable bonds is 6. The van der Waals surface area contributed by atoms with Crippen LogP contribution in [0.1, 0.15) is 25.0 Å². The molecule has 0 heterocycles. The van der Waals surface area contributed by atoms with Crippen LogP contribution in [0.3, 0.4) is 0 Å². The third-order valence-electron chi connectivity index (χ3n) is 2.51. The smallest absolute Gasteiger partial charge is 0.405 e. The summed E-state index contributed by atoms with van der Waals surface area (Å²) in [7, 11) is 0. The minimum Gasteiger partial charge on any atom is -0.483 e. The van der Waals surface area contributed by atoms with Crippen molar-refractivity contribution >= 4 is 5.91 Å². The van der Waals surface area contributed by atoms with Crippen molar-refractivity contribution in [2.24, 2.45) is 0 Å². The van der Waals surface area contributed by atoms with E-state index in [1.165, 1.54) is 0 Å². The average Bonchev–Trinajstić information content (AvgIpc) is 2.41. The molecule has 0 saturated heterocycles. The molecule has 1 atom stereocenters. The Morgan fingerprint density at radius 3 is 2.65 bits per heavy atom.